The summed E-state index contributed by atoms with van der Waals surface area (Å²) in [4.78, 5) is 13.5. The maximum absolute atomic E-state index is 13.5. The van der Waals surface area contributed by atoms with Gasteiger partial charge in [-0.1, -0.05) is 303 Å². The van der Waals surface area contributed by atoms with Gasteiger partial charge in [-0.3, -0.25) is 4.79 Å². The average molecular weight is 1470 g/mol. The van der Waals surface area contributed by atoms with Crippen LogP contribution in [0.15, 0.2) is 109 Å². The number of hydrogen-bond donors (Lipinski definition) is 12. The van der Waals surface area contributed by atoms with Gasteiger partial charge in [-0.05, 0) is 89.9 Å². The zero-order chi connectivity index (χ0) is 75.3. The van der Waals surface area contributed by atoms with Crippen LogP contribution in [0.5, 0.6) is 0 Å². The number of allylic oxidation sites excluding steroid dienone is 17. The van der Waals surface area contributed by atoms with Crippen molar-refractivity contribution in [3.05, 3.63) is 109 Å². The van der Waals surface area contributed by atoms with Crippen molar-refractivity contribution in [1.82, 2.24) is 5.32 Å². The van der Waals surface area contributed by atoms with Crippen LogP contribution in [-0.2, 0) is 33.2 Å². The van der Waals surface area contributed by atoms with E-state index in [2.05, 4.69) is 116 Å². The number of hydrogen-bond acceptors (Lipinski definition) is 18. The molecule has 3 fully saturated rings. The summed E-state index contributed by atoms with van der Waals surface area (Å²) in [6.45, 7) is 1.62. The van der Waals surface area contributed by atoms with E-state index in [1.165, 1.54) is 173 Å². The molecule has 3 aliphatic rings. The molecule has 19 nitrogen and oxygen atoms in total. The Labute approximate surface area is 627 Å². The van der Waals surface area contributed by atoms with Gasteiger partial charge in [0.2, 0.25) is 5.91 Å². The number of aliphatic hydroxyl groups excluding tert-OH is 11. The fourth-order valence-corrected chi connectivity index (χ4v) is 13.2. The summed E-state index contributed by atoms with van der Waals surface area (Å²) >= 11 is 0. The number of amides is 1. The Morgan fingerprint density at radius 3 is 1.08 bits per heavy atom. The van der Waals surface area contributed by atoms with Gasteiger partial charge in [0.15, 0.2) is 18.9 Å². The number of nitrogens with one attached hydrogen (secondary N) is 1. The molecule has 1 amide bonds. The van der Waals surface area contributed by atoms with Gasteiger partial charge >= 0.3 is 0 Å². The SMILES string of the molecule is CC/C=C\C/C=C\C/C=C\C/C=C\C/C=C\C/C=C\C/C=C\CCCCCCCCCCCCCCCCCCCCCC(=O)NC(COC1OC(CO)C(OC2OC(CO)C(OC3OC(CO)C(O)C(O)C3O)C(O)C2O)C(O)C1O)C(O)/C=C/CC/C=C/CCCCCCCCCCCCCC. The highest BCUT2D eigenvalue weighted by atomic mass is 16.8. The maximum Gasteiger partial charge on any atom is 0.220 e. The second-order valence-electron chi connectivity index (χ2n) is 28.8. The summed E-state index contributed by atoms with van der Waals surface area (Å²) in [5.41, 5.74) is 0. The van der Waals surface area contributed by atoms with Gasteiger partial charge in [0.25, 0.3) is 0 Å². The number of ether oxygens (including phenoxy) is 6. The average Bonchev–Trinajstić information content (AvgIpc) is 0.783. The molecule has 3 rings (SSSR count). The predicted octanol–water partition coefficient (Wildman–Crippen LogP) is 14.1. The lowest BCUT2D eigenvalue weighted by molar-refractivity contribution is -0.379. The molecule has 3 heterocycles. The van der Waals surface area contributed by atoms with Crippen LogP contribution < -0.4 is 5.32 Å². The largest absolute Gasteiger partial charge is 0.394 e. The van der Waals surface area contributed by atoms with Crippen molar-refractivity contribution in [2.75, 3.05) is 26.4 Å². The van der Waals surface area contributed by atoms with Crippen LogP contribution in [0.25, 0.3) is 0 Å². The quantitative estimate of drug-likeness (QED) is 0.0199. The topological polar surface area (TPSA) is 307 Å². The number of rotatable bonds is 64. The van der Waals surface area contributed by atoms with Crippen LogP contribution in [-0.4, -0.2) is 193 Å². The van der Waals surface area contributed by atoms with E-state index in [-0.39, 0.29) is 18.9 Å². The van der Waals surface area contributed by atoms with Crippen LogP contribution in [0.4, 0.5) is 0 Å². The van der Waals surface area contributed by atoms with Gasteiger partial charge in [0.1, 0.15) is 73.2 Å². The van der Waals surface area contributed by atoms with E-state index in [1.54, 1.807) is 6.08 Å². The molecule has 0 saturated carbocycles. The van der Waals surface area contributed by atoms with Crippen molar-refractivity contribution in [3.8, 4) is 0 Å². The summed E-state index contributed by atoms with van der Waals surface area (Å²) < 4.78 is 34.4. The first-order chi connectivity index (χ1) is 50.8. The highest BCUT2D eigenvalue weighted by Crippen LogP contribution is 2.33. The minimum absolute atomic E-state index is 0.233. The summed E-state index contributed by atoms with van der Waals surface area (Å²) in [5.74, 6) is -0.285. The minimum Gasteiger partial charge on any atom is -0.394 e. The van der Waals surface area contributed by atoms with Crippen molar-refractivity contribution in [2.24, 2.45) is 0 Å². The molecule has 600 valence electrons. The minimum atomic E-state index is -1.98. The Morgan fingerprint density at radius 2 is 0.673 bits per heavy atom. The fraction of sp³-hybridized carbons (Fsp3) is 0.776. The van der Waals surface area contributed by atoms with Gasteiger partial charge < -0.3 is 89.9 Å². The highest BCUT2D eigenvalue weighted by molar-refractivity contribution is 5.76. The van der Waals surface area contributed by atoms with E-state index in [9.17, 15) is 61.0 Å². The molecule has 12 N–H and O–H groups in total. The van der Waals surface area contributed by atoms with Crippen LogP contribution >= 0.6 is 0 Å². The van der Waals surface area contributed by atoms with Crippen LogP contribution in [0.1, 0.15) is 290 Å². The van der Waals surface area contributed by atoms with E-state index in [4.69, 9.17) is 28.4 Å². The fourth-order valence-electron chi connectivity index (χ4n) is 13.2. The van der Waals surface area contributed by atoms with Crippen molar-refractivity contribution in [1.29, 1.82) is 0 Å². The lowest BCUT2D eigenvalue weighted by atomic mass is 9.96. The molecule has 17 atom stereocenters. The molecular weight excluding hydrogens is 1320 g/mol. The normalized spacial score (nSPS) is 26.5. The summed E-state index contributed by atoms with van der Waals surface area (Å²) in [5, 5.41) is 121. The number of unbranched alkanes of at least 4 members (excludes halogenated alkanes) is 32. The van der Waals surface area contributed by atoms with Gasteiger partial charge in [0, 0.05) is 6.42 Å². The molecule has 0 bridgehead atoms. The number of carbonyl (C=O) groups excluding carboxylic acids is 1. The molecule has 17 unspecified atom stereocenters. The lowest BCUT2D eigenvalue weighted by Gasteiger charge is -2.48. The van der Waals surface area contributed by atoms with Crippen molar-refractivity contribution < 1.29 is 89.4 Å². The van der Waals surface area contributed by atoms with E-state index >= 15 is 0 Å². The molecule has 104 heavy (non-hydrogen) atoms. The maximum atomic E-state index is 13.5. The van der Waals surface area contributed by atoms with Crippen molar-refractivity contribution in [2.45, 2.75) is 394 Å². The van der Waals surface area contributed by atoms with E-state index < -0.39 is 124 Å². The summed E-state index contributed by atoms with van der Waals surface area (Å²) in [7, 11) is 0. The van der Waals surface area contributed by atoms with Crippen LogP contribution in [0.3, 0.4) is 0 Å². The lowest BCUT2D eigenvalue weighted by Crippen LogP contribution is -2.66. The third-order valence-electron chi connectivity index (χ3n) is 19.8. The Bertz CT molecular complexity index is 2300. The molecule has 0 spiro atoms. The molecule has 0 radical (unpaired) electrons. The second kappa shape index (κ2) is 64.3. The monoisotopic (exact) mass is 1470 g/mol. The van der Waals surface area contributed by atoms with Gasteiger partial charge in [0.05, 0.1) is 38.6 Å². The van der Waals surface area contributed by atoms with Crippen LogP contribution in [0.2, 0.25) is 0 Å². The second-order valence-corrected chi connectivity index (χ2v) is 28.8. The Morgan fingerprint density at radius 1 is 0.356 bits per heavy atom. The molecule has 19 heteroatoms. The summed E-state index contributed by atoms with van der Waals surface area (Å²) in [6, 6.07) is -0.994. The van der Waals surface area contributed by atoms with Crippen molar-refractivity contribution in [3.63, 3.8) is 0 Å². The Balaban J connectivity index is 1.31. The molecule has 0 aliphatic carbocycles. The molecule has 3 aliphatic heterocycles. The standard InChI is InChI=1S/C85H147NO18/c1-3-5-7-9-11-13-15-17-19-21-23-24-25-26-27-28-29-30-31-32-33-34-35-36-37-38-39-40-41-42-43-44-45-47-49-51-53-55-57-59-61-63-73(91)86-68(69(90)62-60-58-56-54-52-50-48-46-22-20-18-16-14-12-10-8-6-4-2)67-99-83-79(97)76(94)81(71(65-88)101-83)104-85-80(98)77(95)82(72(66-89)102-85)103-84-78(96)75(93)74(92)70(64-87)100-84/h5,7,11,13,17,19,23-24,26-27,29-30,32-33,52,54,60,62,68-72,74-85,87-90,92-98H,3-4,6,8-10,12,14-16,18,20-22,25,28,31,34-51,53,55-59,61,63-67H2,1-2H3,(H,86,91)/b7-5-,13-11-,19-17-,24-23-,27-26-,30-29-,33-32-,54-52+,62-60+. The van der Waals surface area contributed by atoms with E-state index in [0.717, 1.165) is 83.5 Å². The number of carbonyl (C=O) groups is 1. The van der Waals surface area contributed by atoms with E-state index in [0.29, 0.717) is 12.8 Å². The highest BCUT2D eigenvalue weighted by Gasteiger charge is 2.54. The van der Waals surface area contributed by atoms with Gasteiger partial charge in [-0.25, -0.2) is 0 Å². The first-order valence-electron chi connectivity index (χ1n) is 41.1. The first-order valence-corrected chi connectivity index (χ1v) is 41.1. The smallest absolute Gasteiger partial charge is 0.220 e. The predicted molar refractivity (Wildman–Crippen MR) is 415 cm³/mol. The summed E-state index contributed by atoms with van der Waals surface area (Å²) in [6.07, 6.45) is 62.3. The van der Waals surface area contributed by atoms with E-state index in [1.807, 2.05) is 6.08 Å². The van der Waals surface area contributed by atoms with Gasteiger partial charge in [-0.15, -0.1) is 0 Å². The molecule has 0 aromatic rings. The number of aliphatic hydroxyl groups is 11. The third kappa shape index (κ3) is 43.6. The zero-order valence-electron chi connectivity index (χ0n) is 64.2. The van der Waals surface area contributed by atoms with Gasteiger partial charge in [-0.2, -0.15) is 0 Å². The molecular formula is C85H147NO18. The van der Waals surface area contributed by atoms with Crippen LogP contribution in [0, 0.1) is 0 Å². The Hall–Kier alpha value is -3.55. The third-order valence-corrected chi connectivity index (χ3v) is 19.8. The van der Waals surface area contributed by atoms with Crippen molar-refractivity contribution >= 4 is 5.91 Å². The molecule has 3 saturated heterocycles. The molecule has 0 aromatic carbocycles. The molecule has 0 aromatic heterocycles. The zero-order valence-corrected chi connectivity index (χ0v) is 64.2. The Kier molecular flexibility index (Phi) is 58.5. The first kappa shape index (κ1) is 94.7.